The van der Waals surface area contributed by atoms with E-state index in [-0.39, 0.29) is 0 Å². The third-order valence-corrected chi connectivity index (χ3v) is 2.67. The molecule has 14 heavy (non-hydrogen) atoms. The fourth-order valence-corrected chi connectivity index (χ4v) is 1.83. The molecule has 0 aromatic carbocycles. The summed E-state index contributed by atoms with van der Waals surface area (Å²) in [5, 5.41) is 6.85. The molecule has 1 fully saturated rings. The first kappa shape index (κ1) is 9.46. The number of aromatic nitrogens is 1. The van der Waals surface area contributed by atoms with Crippen LogP contribution in [0.25, 0.3) is 0 Å². The Labute approximate surface area is 84.9 Å². The minimum atomic E-state index is 0.775. The van der Waals surface area contributed by atoms with Gasteiger partial charge in [-0.2, -0.15) is 0 Å². The summed E-state index contributed by atoms with van der Waals surface area (Å²) in [6.45, 7) is 3.40. The fourth-order valence-electron chi connectivity index (χ4n) is 1.83. The molecule has 1 aromatic heterocycles. The van der Waals surface area contributed by atoms with Gasteiger partial charge in [-0.3, -0.25) is 4.98 Å². The largest absolute Gasteiger partial charge is 0.385 e. The van der Waals surface area contributed by atoms with Crippen LogP contribution in [0.1, 0.15) is 12.8 Å². The summed E-state index contributed by atoms with van der Waals surface area (Å²) in [6.07, 6.45) is 6.29. The van der Waals surface area contributed by atoms with E-state index in [2.05, 4.69) is 15.6 Å². The standard InChI is InChI=1S/C11H17N3/c1-2-10(8-13-5-1)9-14-11-3-6-12-7-4-11/h3-4,6-7,10,13H,1-2,5,8-9H2,(H,12,14). The highest BCUT2D eigenvalue weighted by atomic mass is 14.9. The van der Waals surface area contributed by atoms with Crippen molar-refractivity contribution in [2.45, 2.75) is 12.8 Å². The molecule has 2 N–H and O–H groups in total. The molecule has 2 rings (SSSR count). The molecule has 2 heterocycles. The zero-order valence-corrected chi connectivity index (χ0v) is 8.37. The van der Waals surface area contributed by atoms with E-state index in [9.17, 15) is 0 Å². The first-order chi connectivity index (χ1) is 6.95. The van der Waals surface area contributed by atoms with Crippen molar-refractivity contribution in [3.63, 3.8) is 0 Å². The monoisotopic (exact) mass is 191 g/mol. The molecule has 1 aliphatic rings. The number of nitrogens with zero attached hydrogens (tertiary/aromatic N) is 1. The first-order valence-electron chi connectivity index (χ1n) is 5.30. The summed E-state index contributed by atoms with van der Waals surface area (Å²) < 4.78 is 0. The van der Waals surface area contributed by atoms with E-state index in [0.717, 1.165) is 19.0 Å². The number of rotatable bonds is 3. The van der Waals surface area contributed by atoms with Crippen molar-refractivity contribution < 1.29 is 0 Å². The quantitative estimate of drug-likeness (QED) is 0.760. The average molecular weight is 191 g/mol. The van der Waals surface area contributed by atoms with Gasteiger partial charge >= 0.3 is 0 Å². The summed E-state index contributed by atoms with van der Waals surface area (Å²) in [4.78, 5) is 3.99. The van der Waals surface area contributed by atoms with Gasteiger partial charge in [0, 0.05) is 24.6 Å². The van der Waals surface area contributed by atoms with E-state index in [1.54, 1.807) is 0 Å². The molecule has 76 valence electrons. The molecule has 1 atom stereocenters. The molecule has 0 spiro atoms. The Morgan fingerprint density at radius 1 is 1.43 bits per heavy atom. The van der Waals surface area contributed by atoms with Crippen LogP contribution in [-0.4, -0.2) is 24.6 Å². The molecule has 0 aliphatic carbocycles. The van der Waals surface area contributed by atoms with Crippen molar-refractivity contribution in [3.8, 4) is 0 Å². The van der Waals surface area contributed by atoms with Gasteiger partial charge in [-0.25, -0.2) is 0 Å². The molecule has 1 unspecified atom stereocenters. The van der Waals surface area contributed by atoms with Gasteiger partial charge < -0.3 is 10.6 Å². The Balaban J connectivity index is 1.76. The fraction of sp³-hybridized carbons (Fsp3) is 0.545. The van der Waals surface area contributed by atoms with Crippen LogP contribution < -0.4 is 10.6 Å². The molecule has 1 aromatic rings. The molecular formula is C11H17N3. The Morgan fingerprint density at radius 3 is 3.00 bits per heavy atom. The van der Waals surface area contributed by atoms with E-state index in [1.807, 2.05) is 24.5 Å². The molecule has 0 radical (unpaired) electrons. The second-order valence-electron chi connectivity index (χ2n) is 3.83. The lowest BCUT2D eigenvalue weighted by Gasteiger charge is -2.23. The van der Waals surface area contributed by atoms with Crippen LogP contribution in [0, 0.1) is 5.92 Å². The van der Waals surface area contributed by atoms with Crippen LogP contribution in [-0.2, 0) is 0 Å². The third-order valence-electron chi connectivity index (χ3n) is 2.67. The Bertz CT molecular complexity index is 254. The van der Waals surface area contributed by atoms with Crippen LogP contribution in [0.5, 0.6) is 0 Å². The number of anilines is 1. The van der Waals surface area contributed by atoms with Crippen LogP contribution >= 0.6 is 0 Å². The summed E-state index contributed by atoms with van der Waals surface area (Å²) in [5.74, 6) is 0.775. The first-order valence-corrected chi connectivity index (χ1v) is 5.30. The van der Waals surface area contributed by atoms with E-state index >= 15 is 0 Å². The summed E-state index contributed by atoms with van der Waals surface area (Å²) >= 11 is 0. The summed E-state index contributed by atoms with van der Waals surface area (Å²) in [7, 11) is 0. The topological polar surface area (TPSA) is 37.0 Å². The number of nitrogens with one attached hydrogen (secondary N) is 2. The van der Waals surface area contributed by atoms with E-state index in [0.29, 0.717) is 0 Å². The van der Waals surface area contributed by atoms with Gasteiger partial charge in [-0.1, -0.05) is 0 Å². The maximum Gasteiger partial charge on any atom is 0.0371 e. The maximum atomic E-state index is 3.99. The van der Waals surface area contributed by atoms with Gasteiger partial charge in [0.1, 0.15) is 0 Å². The van der Waals surface area contributed by atoms with Gasteiger partial charge in [-0.05, 0) is 44.0 Å². The van der Waals surface area contributed by atoms with Gasteiger partial charge in [0.15, 0.2) is 0 Å². The van der Waals surface area contributed by atoms with Gasteiger partial charge in [0.05, 0.1) is 0 Å². The zero-order chi connectivity index (χ0) is 9.64. The molecular weight excluding hydrogens is 174 g/mol. The molecule has 1 saturated heterocycles. The Morgan fingerprint density at radius 2 is 2.29 bits per heavy atom. The number of pyridine rings is 1. The predicted octanol–water partition coefficient (Wildman–Crippen LogP) is 1.49. The van der Waals surface area contributed by atoms with Crippen molar-refractivity contribution in [1.82, 2.24) is 10.3 Å². The van der Waals surface area contributed by atoms with Crippen molar-refractivity contribution in [3.05, 3.63) is 24.5 Å². The lowest BCUT2D eigenvalue weighted by atomic mass is 10.00. The van der Waals surface area contributed by atoms with Crippen LogP contribution in [0.3, 0.4) is 0 Å². The third kappa shape index (κ3) is 2.70. The Kier molecular flexibility index (Phi) is 3.35. The van der Waals surface area contributed by atoms with Crippen LogP contribution in [0.2, 0.25) is 0 Å². The van der Waals surface area contributed by atoms with Gasteiger partial charge in [0.2, 0.25) is 0 Å². The van der Waals surface area contributed by atoms with E-state index in [1.165, 1.54) is 25.1 Å². The molecule has 3 heteroatoms. The van der Waals surface area contributed by atoms with Crippen molar-refractivity contribution in [1.29, 1.82) is 0 Å². The van der Waals surface area contributed by atoms with Crippen LogP contribution in [0.4, 0.5) is 5.69 Å². The molecule has 0 bridgehead atoms. The number of hydrogen-bond acceptors (Lipinski definition) is 3. The lowest BCUT2D eigenvalue weighted by molar-refractivity contribution is 0.393. The highest BCUT2D eigenvalue weighted by molar-refractivity contribution is 5.40. The SMILES string of the molecule is c1cc(NCC2CCCNC2)ccn1. The second-order valence-corrected chi connectivity index (χ2v) is 3.83. The van der Waals surface area contributed by atoms with E-state index in [4.69, 9.17) is 0 Å². The van der Waals surface area contributed by atoms with Crippen molar-refractivity contribution in [2.75, 3.05) is 25.0 Å². The summed E-state index contributed by atoms with van der Waals surface area (Å²) in [6, 6.07) is 4.02. The molecule has 3 nitrogen and oxygen atoms in total. The maximum absolute atomic E-state index is 3.99. The number of hydrogen-bond donors (Lipinski definition) is 2. The predicted molar refractivity (Wildman–Crippen MR) is 58.3 cm³/mol. The average Bonchev–Trinajstić information content (AvgIpc) is 2.29. The zero-order valence-electron chi connectivity index (χ0n) is 8.37. The summed E-state index contributed by atoms with van der Waals surface area (Å²) in [5.41, 5.74) is 1.17. The minimum Gasteiger partial charge on any atom is -0.385 e. The highest BCUT2D eigenvalue weighted by Gasteiger charge is 2.11. The van der Waals surface area contributed by atoms with E-state index < -0.39 is 0 Å². The van der Waals surface area contributed by atoms with Crippen LogP contribution in [0.15, 0.2) is 24.5 Å². The smallest absolute Gasteiger partial charge is 0.0371 e. The highest BCUT2D eigenvalue weighted by Crippen LogP contribution is 2.11. The van der Waals surface area contributed by atoms with Crippen molar-refractivity contribution in [2.24, 2.45) is 5.92 Å². The Hall–Kier alpha value is -1.09. The number of piperidine rings is 1. The molecule has 0 saturated carbocycles. The normalized spacial score (nSPS) is 21.9. The van der Waals surface area contributed by atoms with Gasteiger partial charge in [0.25, 0.3) is 0 Å². The van der Waals surface area contributed by atoms with Crippen molar-refractivity contribution >= 4 is 5.69 Å². The van der Waals surface area contributed by atoms with Gasteiger partial charge in [-0.15, -0.1) is 0 Å². The minimum absolute atomic E-state index is 0.775. The molecule has 1 aliphatic heterocycles. The second kappa shape index (κ2) is 4.96. The molecule has 0 amide bonds. The lowest BCUT2D eigenvalue weighted by Crippen LogP contribution is -2.33.